The van der Waals surface area contributed by atoms with E-state index in [2.05, 4.69) is 17.0 Å². The van der Waals surface area contributed by atoms with Gasteiger partial charge in [-0.1, -0.05) is 24.3 Å². The highest BCUT2D eigenvalue weighted by Crippen LogP contribution is 2.27. The Balaban J connectivity index is 2.13. The Labute approximate surface area is 114 Å². The van der Waals surface area contributed by atoms with Crippen molar-refractivity contribution < 1.29 is 9.84 Å². The minimum Gasteiger partial charge on any atom is -0.504 e. The molecule has 0 aliphatic heterocycles. The molecule has 0 atom stereocenters. The molecule has 2 rings (SSSR count). The van der Waals surface area contributed by atoms with E-state index in [1.807, 2.05) is 44.3 Å². The van der Waals surface area contributed by atoms with E-state index in [9.17, 15) is 5.11 Å². The zero-order valence-corrected chi connectivity index (χ0v) is 11.3. The molecule has 100 valence electrons. The molecule has 0 spiro atoms. The van der Waals surface area contributed by atoms with Gasteiger partial charge in [-0.05, 0) is 36.8 Å². The SMILES string of the molecule is CCOc1cc(CN(C)c2ccccc2)ccc1O. The standard InChI is InChI=1S/C16H19NO2/c1-3-19-16-11-13(9-10-15(16)18)12-17(2)14-7-5-4-6-8-14/h4-11,18H,3,12H2,1-2H3. The predicted molar refractivity (Wildman–Crippen MR) is 77.8 cm³/mol. The fourth-order valence-electron chi connectivity index (χ4n) is 1.98. The summed E-state index contributed by atoms with van der Waals surface area (Å²) < 4.78 is 5.40. The zero-order valence-electron chi connectivity index (χ0n) is 11.3. The summed E-state index contributed by atoms with van der Waals surface area (Å²) in [6, 6.07) is 15.7. The van der Waals surface area contributed by atoms with Gasteiger partial charge in [0, 0.05) is 19.3 Å². The number of phenols is 1. The molecule has 3 heteroatoms. The molecular weight excluding hydrogens is 238 g/mol. The van der Waals surface area contributed by atoms with E-state index in [1.165, 1.54) is 0 Å². The fraction of sp³-hybridized carbons (Fsp3) is 0.250. The molecule has 0 fully saturated rings. The van der Waals surface area contributed by atoms with Crippen LogP contribution in [0, 0.1) is 0 Å². The number of nitrogens with zero attached hydrogens (tertiary/aromatic N) is 1. The maximum Gasteiger partial charge on any atom is 0.161 e. The van der Waals surface area contributed by atoms with Crippen molar-refractivity contribution >= 4 is 5.69 Å². The summed E-state index contributed by atoms with van der Waals surface area (Å²) >= 11 is 0. The molecular formula is C16H19NO2. The molecule has 2 aromatic rings. The minimum atomic E-state index is 0.188. The van der Waals surface area contributed by atoms with Crippen LogP contribution in [0.25, 0.3) is 0 Å². The van der Waals surface area contributed by atoms with Crippen molar-refractivity contribution in [3.05, 3.63) is 54.1 Å². The van der Waals surface area contributed by atoms with E-state index < -0.39 is 0 Å². The van der Waals surface area contributed by atoms with Crippen LogP contribution in [0.4, 0.5) is 5.69 Å². The average molecular weight is 257 g/mol. The number of ether oxygens (including phenoxy) is 1. The van der Waals surface area contributed by atoms with Crippen molar-refractivity contribution in [3.63, 3.8) is 0 Å². The number of hydrogen-bond acceptors (Lipinski definition) is 3. The van der Waals surface area contributed by atoms with Gasteiger partial charge in [0.15, 0.2) is 11.5 Å². The topological polar surface area (TPSA) is 32.7 Å². The molecule has 0 unspecified atom stereocenters. The van der Waals surface area contributed by atoms with E-state index in [-0.39, 0.29) is 5.75 Å². The largest absolute Gasteiger partial charge is 0.504 e. The van der Waals surface area contributed by atoms with E-state index in [4.69, 9.17) is 4.74 Å². The summed E-state index contributed by atoms with van der Waals surface area (Å²) in [7, 11) is 2.04. The van der Waals surface area contributed by atoms with Crippen LogP contribution in [-0.4, -0.2) is 18.8 Å². The van der Waals surface area contributed by atoms with Gasteiger partial charge in [0.05, 0.1) is 6.61 Å². The summed E-state index contributed by atoms with van der Waals surface area (Å²) in [5, 5.41) is 9.68. The van der Waals surface area contributed by atoms with Gasteiger partial charge in [-0.15, -0.1) is 0 Å². The molecule has 2 aromatic carbocycles. The van der Waals surface area contributed by atoms with Crippen molar-refractivity contribution in [2.24, 2.45) is 0 Å². The lowest BCUT2D eigenvalue weighted by Crippen LogP contribution is -2.16. The first-order valence-corrected chi connectivity index (χ1v) is 6.41. The molecule has 0 heterocycles. The number of rotatable bonds is 5. The van der Waals surface area contributed by atoms with Crippen LogP contribution < -0.4 is 9.64 Å². The predicted octanol–water partition coefficient (Wildman–Crippen LogP) is 3.43. The number of aromatic hydroxyl groups is 1. The van der Waals surface area contributed by atoms with Crippen LogP contribution in [0.2, 0.25) is 0 Å². The first-order valence-electron chi connectivity index (χ1n) is 6.41. The Hall–Kier alpha value is -2.16. The molecule has 0 saturated heterocycles. The van der Waals surface area contributed by atoms with E-state index in [1.54, 1.807) is 6.07 Å². The number of benzene rings is 2. The minimum absolute atomic E-state index is 0.188. The van der Waals surface area contributed by atoms with Crippen molar-refractivity contribution in [3.8, 4) is 11.5 Å². The molecule has 0 amide bonds. The van der Waals surface area contributed by atoms with Crippen molar-refractivity contribution in [1.29, 1.82) is 0 Å². The summed E-state index contributed by atoms with van der Waals surface area (Å²) in [6.07, 6.45) is 0. The van der Waals surface area contributed by atoms with Crippen LogP contribution in [0.1, 0.15) is 12.5 Å². The Morgan fingerprint density at radius 2 is 1.84 bits per heavy atom. The highest BCUT2D eigenvalue weighted by Gasteiger charge is 2.06. The van der Waals surface area contributed by atoms with E-state index >= 15 is 0 Å². The second-order valence-corrected chi connectivity index (χ2v) is 4.43. The maximum absolute atomic E-state index is 9.68. The Morgan fingerprint density at radius 3 is 2.53 bits per heavy atom. The lowest BCUT2D eigenvalue weighted by atomic mass is 10.2. The molecule has 0 aliphatic carbocycles. The lowest BCUT2D eigenvalue weighted by molar-refractivity contribution is 0.318. The Kier molecular flexibility index (Phi) is 4.29. The molecule has 0 aliphatic rings. The summed E-state index contributed by atoms with van der Waals surface area (Å²) in [4.78, 5) is 2.15. The van der Waals surface area contributed by atoms with Crippen LogP contribution in [0.5, 0.6) is 11.5 Å². The smallest absolute Gasteiger partial charge is 0.161 e. The lowest BCUT2D eigenvalue weighted by Gasteiger charge is -2.19. The Bertz CT molecular complexity index is 526. The van der Waals surface area contributed by atoms with E-state index in [0.717, 1.165) is 17.8 Å². The Morgan fingerprint density at radius 1 is 1.11 bits per heavy atom. The molecule has 19 heavy (non-hydrogen) atoms. The molecule has 0 radical (unpaired) electrons. The van der Waals surface area contributed by atoms with Crippen LogP contribution >= 0.6 is 0 Å². The molecule has 0 bridgehead atoms. The molecule has 1 N–H and O–H groups in total. The highest BCUT2D eigenvalue weighted by molar-refractivity contribution is 5.47. The summed E-state index contributed by atoms with van der Waals surface area (Å²) in [6.45, 7) is 3.22. The zero-order chi connectivity index (χ0) is 13.7. The number of anilines is 1. The van der Waals surface area contributed by atoms with Gasteiger partial charge >= 0.3 is 0 Å². The fourth-order valence-corrected chi connectivity index (χ4v) is 1.98. The van der Waals surface area contributed by atoms with Gasteiger partial charge in [-0.2, -0.15) is 0 Å². The molecule has 3 nitrogen and oxygen atoms in total. The third kappa shape index (κ3) is 3.41. The summed E-state index contributed by atoms with van der Waals surface area (Å²) in [5.74, 6) is 0.731. The molecule has 0 saturated carbocycles. The van der Waals surface area contributed by atoms with Gasteiger partial charge in [0.2, 0.25) is 0 Å². The number of hydrogen-bond donors (Lipinski definition) is 1. The van der Waals surface area contributed by atoms with Crippen molar-refractivity contribution in [1.82, 2.24) is 0 Å². The number of phenolic OH excluding ortho intramolecular Hbond substituents is 1. The second kappa shape index (κ2) is 6.14. The van der Waals surface area contributed by atoms with Crippen LogP contribution in [0.15, 0.2) is 48.5 Å². The average Bonchev–Trinajstić information content (AvgIpc) is 2.44. The monoisotopic (exact) mass is 257 g/mol. The van der Waals surface area contributed by atoms with Crippen LogP contribution in [0.3, 0.4) is 0 Å². The van der Waals surface area contributed by atoms with Gasteiger partial charge in [0.1, 0.15) is 0 Å². The second-order valence-electron chi connectivity index (χ2n) is 4.43. The first kappa shape index (κ1) is 13.3. The van der Waals surface area contributed by atoms with Gasteiger partial charge in [0.25, 0.3) is 0 Å². The van der Waals surface area contributed by atoms with Gasteiger partial charge in [-0.3, -0.25) is 0 Å². The quantitative estimate of drug-likeness (QED) is 0.890. The van der Waals surface area contributed by atoms with Crippen molar-refractivity contribution in [2.45, 2.75) is 13.5 Å². The molecule has 0 aromatic heterocycles. The first-order chi connectivity index (χ1) is 9.20. The summed E-state index contributed by atoms with van der Waals surface area (Å²) in [5.41, 5.74) is 2.26. The third-order valence-corrected chi connectivity index (χ3v) is 2.94. The third-order valence-electron chi connectivity index (χ3n) is 2.94. The maximum atomic E-state index is 9.68. The van der Waals surface area contributed by atoms with Crippen LogP contribution in [-0.2, 0) is 6.54 Å². The number of para-hydroxylation sites is 1. The highest BCUT2D eigenvalue weighted by atomic mass is 16.5. The van der Waals surface area contributed by atoms with Crippen molar-refractivity contribution in [2.75, 3.05) is 18.6 Å². The van der Waals surface area contributed by atoms with E-state index in [0.29, 0.717) is 12.4 Å². The van der Waals surface area contributed by atoms with Gasteiger partial charge in [-0.25, -0.2) is 0 Å². The normalized spacial score (nSPS) is 10.2. The van der Waals surface area contributed by atoms with Gasteiger partial charge < -0.3 is 14.7 Å².